The van der Waals surface area contributed by atoms with Crippen LogP contribution < -0.4 is 4.98 Å². The predicted molar refractivity (Wildman–Crippen MR) is 51.2 cm³/mol. The molecular formula is C8H21NSi. The molecule has 0 rings (SSSR count). The van der Waals surface area contributed by atoms with Crippen molar-refractivity contribution in [2.75, 3.05) is 6.54 Å². The van der Waals surface area contributed by atoms with Crippen LogP contribution in [0.1, 0.15) is 39.5 Å². The third-order valence-corrected chi connectivity index (χ3v) is 3.43. The van der Waals surface area contributed by atoms with Gasteiger partial charge in [0.05, 0.1) is 9.68 Å². The summed E-state index contributed by atoms with van der Waals surface area (Å²) in [7, 11) is 0.133. The molecule has 0 bridgehead atoms. The Morgan fingerprint density at radius 3 is 2.50 bits per heavy atom. The molecule has 0 saturated carbocycles. The molecule has 0 aromatic carbocycles. The van der Waals surface area contributed by atoms with Gasteiger partial charge in [0.2, 0.25) is 0 Å². The molecule has 0 saturated heterocycles. The molecule has 0 aromatic heterocycles. The van der Waals surface area contributed by atoms with Crippen LogP contribution in [0, 0.1) is 0 Å². The van der Waals surface area contributed by atoms with Crippen LogP contribution in [0.2, 0.25) is 6.04 Å². The van der Waals surface area contributed by atoms with Gasteiger partial charge in [-0.15, -0.1) is 0 Å². The Bertz CT molecular complexity index is 49.2. The summed E-state index contributed by atoms with van der Waals surface area (Å²) in [5.41, 5.74) is 0. The fourth-order valence-corrected chi connectivity index (χ4v) is 2.03. The first-order chi connectivity index (χ1) is 4.91. The highest BCUT2D eigenvalue weighted by Gasteiger charge is 1.86. The van der Waals surface area contributed by atoms with Crippen LogP contribution in [-0.4, -0.2) is 16.2 Å². The number of hydrogen-bond donors (Lipinski definition) is 1. The van der Waals surface area contributed by atoms with Crippen LogP contribution in [0.3, 0.4) is 0 Å². The topological polar surface area (TPSA) is 12.0 Å². The molecule has 0 unspecified atom stereocenters. The molecule has 0 aliphatic carbocycles. The minimum Gasteiger partial charge on any atom is -0.342 e. The molecule has 0 radical (unpaired) electrons. The van der Waals surface area contributed by atoms with Crippen molar-refractivity contribution in [2.45, 2.75) is 45.6 Å². The van der Waals surface area contributed by atoms with Crippen LogP contribution in [-0.2, 0) is 0 Å². The maximum absolute atomic E-state index is 3.56. The number of rotatable bonds is 7. The van der Waals surface area contributed by atoms with Gasteiger partial charge < -0.3 is 4.98 Å². The summed E-state index contributed by atoms with van der Waals surface area (Å²) < 4.78 is 0. The van der Waals surface area contributed by atoms with E-state index in [1.807, 2.05) is 0 Å². The Kier molecular flexibility index (Phi) is 9.34. The molecule has 1 nitrogen and oxygen atoms in total. The van der Waals surface area contributed by atoms with Gasteiger partial charge in [-0.3, -0.25) is 0 Å². The van der Waals surface area contributed by atoms with Crippen molar-refractivity contribution in [1.82, 2.24) is 4.98 Å². The number of nitrogens with one attached hydrogen (secondary N) is 1. The van der Waals surface area contributed by atoms with Gasteiger partial charge in [-0.05, 0) is 13.0 Å². The van der Waals surface area contributed by atoms with E-state index in [-0.39, 0.29) is 9.68 Å². The molecule has 0 fully saturated rings. The first-order valence-corrected chi connectivity index (χ1v) is 6.33. The number of unbranched alkanes of at least 4 members (excludes halogenated alkanes) is 2. The molecule has 2 heteroatoms. The third kappa shape index (κ3) is 8.18. The third-order valence-electron chi connectivity index (χ3n) is 1.66. The van der Waals surface area contributed by atoms with Gasteiger partial charge in [0.15, 0.2) is 0 Å². The van der Waals surface area contributed by atoms with E-state index in [9.17, 15) is 0 Å². The normalized spacial score (nSPS) is 11.4. The summed E-state index contributed by atoms with van der Waals surface area (Å²) in [5.74, 6) is 0. The Hall–Kier alpha value is 0.177. The predicted octanol–water partition coefficient (Wildman–Crippen LogP) is 1.68. The second-order valence-electron chi connectivity index (χ2n) is 2.81. The van der Waals surface area contributed by atoms with Crippen molar-refractivity contribution in [3.8, 4) is 0 Å². The zero-order valence-corrected chi connectivity index (χ0v) is 8.86. The molecule has 62 valence electrons. The van der Waals surface area contributed by atoms with E-state index in [1.165, 1.54) is 38.3 Å². The van der Waals surface area contributed by atoms with Crippen molar-refractivity contribution >= 4 is 9.68 Å². The second-order valence-corrected chi connectivity index (χ2v) is 4.52. The van der Waals surface area contributed by atoms with E-state index in [1.54, 1.807) is 0 Å². The lowest BCUT2D eigenvalue weighted by molar-refractivity contribution is 0.701. The monoisotopic (exact) mass is 159 g/mol. The van der Waals surface area contributed by atoms with E-state index in [0.717, 1.165) is 0 Å². The lowest BCUT2D eigenvalue weighted by Gasteiger charge is -2.00. The Morgan fingerprint density at radius 1 is 1.10 bits per heavy atom. The summed E-state index contributed by atoms with van der Waals surface area (Å²) in [6, 6.07) is 1.46. The van der Waals surface area contributed by atoms with Crippen LogP contribution in [0.15, 0.2) is 0 Å². The first-order valence-electron chi connectivity index (χ1n) is 4.62. The van der Waals surface area contributed by atoms with Gasteiger partial charge in [-0.1, -0.05) is 39.2 Å². The van der Waals surface area contributed by atoms with Gasteiger partial charge >= 0.3 is 0 Å². The van der Waals surface area contributed by atoms with Crippen molar-refractivity contribution in [3.63, 3.8) is 0 Å². The van der Waals surface area contributed by atoms with E-state index in [2.05, 4.69) is 18.8 Å². The molecule has 0 atom stereocenters. The highest BCUT2D eigenvalue weighted by Crippen LogP contribution is 1.91. The first kappa shape index (κ1) is 10.2. The molecule has 0 aliphatic rings. The molecule has 0 spiro atoms. The van der Waals surface area contributed by atoms with Gasteiger partial charge in [-0.25, -0.2) is 0 Å². The minimum absolute atomic E-state index is 0.133. The molecule has 0 amide bonds. The molecule has 0 aromatic rings. The van der Waals surface area contributed by atoms with Gasteiger partial charge in [-0.2, -0.15) is 0 Å². The molecule has 0 aliphatic heterocycles. The van der Waals surface area contributed by atoms with Crippen molar-refractivity contribution < 1.29 is 0 Å². The maximum Gasteiger partial charge on any atom is 0.0916 e. The lowest BCUT2D eigenvalue weighted by atomic mass is 10.3. The average molecular weight is 159 g/mol. The fraction of sp³-hybridized carbons (Fsp3) is 1.00. The van der Waals surface area contributed by atoms with Crippen LogP contribution in [0.25, 0.3) is 0 Å². The van der Waals surface area contributed by atoms with Crippen molar-refractivity contribution in [3.05, 3.63) is 0 Å². The Labute approximate surface area is 67.5 Å². The molecule has 1 N–H and O–H groups in total. The van der Waals surface area contributed by atoms with E-state index in [0.29, 0.717) is 0 Å². The molecular weight excluding hydrogens is 138 g/mol. The molecule has 0 heterocycles. The highest BCUT2D eigenvalue weighted by atomic mass is 28.2. The van der Waals surface area contributed by atoms with Crippen LogP contribution in [0.4, 0.5) is 0 Å². The van der Waals surface area contributed by atoms with E-state index >= 15 is 0 Å². The molecule has 10 heavy (non-hydrogen) atoms. The Morgan fingerprint density at radius 2 is 1.90 bits per heavy atom. The zero-order valence-electron chi connectivity index (χ0n) is 7.45. The lowest BCUT2D eigenvalue weighted by Crippen LogP contribution is -2.19. The van der Waals surface area contributed by atoms with Gasteiger partial charge in [0, 0.05) is 0 Å². The van der Waals surface area contributed by atoms with Crippen LogP contribution in [0.5, 0.6) is 0 Å². The maximum atomic E-state index is 3.56. The summed E-state index contributed by atoms with van der Waals surface area (Å²) in [6.45, 7) is 5.80. The van der Waals surface area contributed by atoms with E-state index < -0.39 is 0 Å². The average Bonchev–Trinajstić information content (AvgIpc) is 1.97. The number of hydrogen-bond acceptors (Lipinski definition) is 1. The zero-order chi connectivity index (χ0) is 7.66. The quantitative estimate of drug-likeness (QED) is 0.440. The largest absolute Gasteiger partial charge is 0.342 e. The van der Waals surface area contributed by atoms with Crippen molar-refractivity contribution in [2.24, 2.45) is 0 Å². The fourth-order valence-electron chi connectivity index (χ4n) is 0.927. The van der Waals surface area contributed by atoms with Gasteiger partial charge in [0.1, 0.15) is 0 Å². The summed E-state index contributed by atoms with van der Waals surface area (Å²) in [5, 5.41) is 0. The SMILES string of the molecule is CCCCCN[SiH2]CCC. The smallest absolute Gasteiger partial charge is 0.0916 e. The second kappa shape index (κ2) is 9.18. The standard InChI is InChI=1S/C8H21NSi/c1-3-5-6-7-9-10-8-4-2/h9H,3-8,10H2,1-2H3. The van der Waals surface area contributed by atoms with Crippen LogP contribution >= 0.6 is 0 Å². The summed E-state index contributed by atoms with van der Waals surface area (Å²) >= 11 is 0. The van der Waals surface area contributed by atoms with Gasteiger partial charge in [0.25, 0.3) is 0 Å². The summed E-state index contributed by atoms with van der Waals surface area (Å²) in [6.07, 6.45) is 5.49. The highest BCUT2D eigenvalue weighted by molar-refractivity contribution is 6.31. The Balaban J connectivity index is 2.65. The van der Waals surface area contributed by atoms with Crippen molar-refractivity contribution in [1.29, 1.82) is 0 Å². The summed E-state index contributed by atoms with van der Waals surface area (Å²) in [4.78, 5) is 3.56. The van der Waals surface area contributed by atoms with E-state index in [4.69, 9.17) is 0 Å². The minimum atomic E-state index is 0.133.